The van der Waals surface area contributed by atoms with Crippen LogP contribution in [0.15, 0.2) is 0 Å². The first-order valence-corrected chi connectivity index (χ1v) is 18.7. The zero-order valence-corrected chi connectivity index (χ0v) is 28.6. The van der Waals surface area contributed by atoms with Crippen LogP contribution in [0.2, 0.25) is 0 Å². The third-order valence-electron chi connectivity index (χ3n) is 9.02. The summed E-state index contributed by atoms with van der Waals surface area (Å²) in [5, 5.41) is 61.5. The van der Waals surface area contributed by atoms with E-state index in [0.717, 1.165) is 32.8 Å². The van der Waals surface area contributed by atoms with E-state index in [2.05, 4.69) is 6.92 Å². The van der Waals surface area contributed by atoms with E-state index in [9.17, 15) is 40.1 Å². The van der Waals surface area contributed by atoms with Crippen LogP contribution in [0.3, 0.4) is 0 Å². The molecule has 0 spiro atoms. The molecule has 0 amide bonds. The fraction of sp³-hybridized carbons (Fsp3) is 1.00. The van der Waals surface area contributed by atoms with Gasteiger partial charge in [-0.2, -0.15) is 0 Å². The standard InChI is InChI=1S/C31H62NO13P/c1-3-4-5-6-7-8-9-10-11-12-13-14-15-16-17-18-19-42-46(39,40)45-30-28(41-2)26(37)25(36)27(38)29(30)44-31-22(32)24(35)23(34)21(20-33)43-31/h21-31,33-38H,3-20,32H2,1-2H3,(H,39,40)/t21-,22-,23+,24-,25-,26-,27+,28-,29-,30-,31-/m1/s1. The van der Waals surface area contributed by atoms with Crippen LogP contribution < -0.4 is 5.73 Å². The second kappa shape index (κ2) is 22.4. The lowest BCUT2D eigenvalue weighted by Crippen LogP contribution is -2.68. The van der Waals surface area contributed by atoms with Crippen LogP contribution in [0.4, 0.5) is 0 Å². The summed E-state index contributed by atoms with van der Waals surface area (Å²) in [5.74, 6) is 0. The first kappa shape index (κ1) is 41.9. The zero-order chi connectivity index (χ0) is 34.1. The van der Waals surface area contributed by atoms with Crippen LogP contribution in [0.5, 0.6) is 0 Å². The van der Waals surface area contributed by atoms with E-state index in [1.54, 1.807) is 0 Å². The molecule has 1 heterocycles. The minimum Gasteiger partial charge on any atom is -0.394 e. The number of hydrogen-bond acceptors (Lipinski definition) is 13. The van der Waals surface area contributed by atoms with Crippen molar-refractivity contribution in [3.05, 3.63) is 0 Å². The summed E-state index contributed by atoms with van der Waals surface area (Å²) < 4.78 is 39.8. The average molecular weight is 688 g/mol. The van der Waals surface area contributed by atoms with Crippen LogP contribution in [-0.2, 0) is 27.8 Å². The molecule has 1 saturated carbocycles. The number of phosphoric ester groups is 1. The van der Waals surface area contributed by atoms with Crippen molar-refractivity contribution in [3.8, 4) is 0 Å². The van der Waals surface area contributed by atoms with Crippen molar-refractivity contribution in [1.82, 2.24) is 0 Å². The number of aliphatic hydroxyl groups is 6. The molecule has 2 fully saturated rings. The van der Waals surface area contributed by atoms with Gasteiger partial charge in [-0.25, -0.2) is 4.57 Å². The molecular weight excluding hydrogens is 625 g/mol. The van der Waals surface area contributed by atoms with Crippen LogP contribution in [0.1, 0.15) is 110 Å². The van der Waals surface area contributed by atoms with Crippen LogP contribution in [0, 0.1) is 0 Å². The Kier molecular flexibility index (Phi) is 20.4. The van der Waals surface area contributed by atoms with Crippen molar-refractivity contribution in [2.75, 3.05) is 20.3 Å². The maximum atomic E-state index is 12.9. The summed E-state index contributed by atoms with van der Waals surface area (Å²) in [6.07, 6.45) is 2.81. The minimum absolute atomic E-state index is 0.0747. The van der Waals surface area contributed by atoms with E-state index < -0.39 is 81.7 Å². The second-order valence-electron chi connectivity index (χ2n) is 12.7. The Balaban J connectivity index is 1.75. The number of hydrogen-bond donors (Lipinski definition) is 8. The van der Waals surface area contributed by atoms with Gasteiger partial charge >= 0.3 is 7.82 Å². The fourth-order valence-electron chi connectivity index (χ4n) is 6.11. The SMILES string of the molecule is CCCCCCCCCCCCCCCCCCOP(=O)(O)O[C@@H]1[C@H](OC)[C@H](O)[C@@H](O)[C@H](O)[C@H]1O[C@H]1O[C@H](CO)[C@H](O)[C@H](O)[C@H]1N. The Bertz CT molecular complexity index is 842. The summed E-state index contributed by atoms with van der Waals surface area (Å²) in [6.45, 7) is 1.47. The molecule has 274 valence electrons. The van der Waals surface area contributed by atoms with Gasteiger partial charge in [-0.1, -0.05) is 103 Å². The topological polar surface area (TPSA) is 231 Å². The normalized spacial score (nSPS) is 34.9. The summed E-state index contributed by atoms with van der Waals surface area (Å²) in [7, 11) is -3.62. The molecule has 2 aliphatic rings. The van der Waals surface area contributed by atoms with Crippen molar-refractivity contribution in [2.24, 2.45) is 5.73 Å². The summed E-state index contributed by atoms with van der Waals surface area (Å²) in [5.41, 5.74) is 5.94. The van der Waals surface area contributed by atoms with Crippen LogP contribution >= 0.6 is 7.82 Å². The molecule has 1 saturated heterocycles. The molecule has 0 radical (unpaired) electrons. The third-order valence-corrected chi connectivity index (χ3v) is 10.0. The Morgan fingerprint density at radius 1 is 0.674 bits per heavy atom. The predicted octanol–water partition coefficient (Wildman–Crippen LogP) is 2.01. The smallest absolute Gasteiger partial charge is 0.394 e. The van der Waals surface area contributed by atoms with Crippen LogP contribution in [0.25, 0.3) is 0 Å². The predicted molar refractivity (Wildman–Crippen MR) is 170 cm³/mol. The summed E-state index contributed by atoms with van der Waals surface area (Å²) in [4.78, 5) is 10.5. The van der Waals surface area contributed by atoms with Gasteiger partial charge in [0, 0.05) is 7.11 Å². The lowest BCUT2D eigenvalue weighted by molar-refractivity contribution is -0.316. The molecule has 1 aliphatic carbocycles. The zero-order valence-electron chi connectivity index (χ0n) is 27.7. The Hall–Kier alpha value is -0.290. The Morgan fingerprint density at radius 3 is 1.63 bits per heavy atom. The van der Waals surface area contributed by atoms with Gasteiger partial charge in [-0.3, -0.25) is 9.05 Å². The van der Waals surface area contributed by atoms with E-state index in [1.807, 2.05) is 0 Å². The average Bonchev–Trinajstić information content (AvgIpc) is 3.03. The van der Waals surface area contributed by atoms with Crippen molar-refractivity contribution in [1.29, 1.82) is 0 Å². The highest BCUT2D eigenvalue weighted by atomic mass is 31.2. The summed E-state index contributed by atoms with van der Waals surface area (Å²) in [6, 6.07) is -1.37. The van der Waals surface area contributed by atoms with Crippen molar-refractivity contribution in [2.45, 2.75) is 177 Å². The molecule has 12 atom stereocenters. The van der Waals surface area contributed by atoms with Gasteiger partial charge in [-0.05, 0) is 6.42 Å². The quantitative estimate of drug-likeness (QED) is 0.0536. The highest BCUT2D eigenvalue weighted by Gasteiger charge is 2.55. The minimum atomic E-state index is -4.79. The molecule has 0 bridgehead atoms. The molecule has 14 nitrogen and oxygen atoms in total. The Labute approximate surface area is 274 Å². The molecule has 46 heavy (non-hydrogen) atoms. The second-order valence-corrected chi connectivity index (χ2v) is 14.1. The molecule has 0 aromatic heterocycles. The van der Waals surface area contributed by atoms with Crippen LogP contribution in [-0.4, -0.2) is 123 Å². The molecule has 1 unspecified atom stereocenters. The highest BCUT2D eigenvalue weighted by molar-refractivity contribution is 7.47. The van der Waals surface area contributed by atoms with E-state index >= 15 is 0 Å². The largest absolute Gasteiger partial charge is 0.472 e. The van der Waals surface area contributed by atoms with Crippen molar-refractivity contribution in [3.63, 3.8) is 0 Å². The maximum Gasteiger partial charge on any atom is 0.472 e. The number of unbranched alkanes of at least 4 members (excludes halogenated alkanes) is 15. The van der Waals surface area contributed by atoms with Gasteiger partial charge in [0.05, 0.1) is 19.3 Å². The van der Waals surface area contributed by atoms with E-state index in [1.165, 1.54) is 70.6 Å². The van der Waals surface area contributed by atoms with Gasteiger partial charge in [0.1, 0.15) is 54.9 Å². The maximum absolute atomic E-state index is 12.9. The molecule has 15 heteroatoms. The van der Waals surface area contributed by atoms with Gasteiger partial charge < -0.3 is 55.5 Å². The number of aliphatic hydroxyl groups excluding tert-OH is 6. The molecule has 1 aliphatic heterocycles. The number of phosphoric acid groups is 1. The third kappa shape index (κ3) is 13.5. The van der Waals surface area contributed by atoms with Gasteiger partial charge in [0.15, 0.2) is 6.29 Å². The molecular formula is C31H62NO13P. The lowest BCUT2D eigenvalue weighted by atomic mass is 9.84. The monoisotopic (exact) mass is 687 g/mol. The van der Waals surface area contributed by atoms with Crippen molar-refractivity contribution >= 4 is 7.82 Å². The molecule has 2 rings (SSSR count). The fourth-order valence-corrected chi connectivity index (χ4v) is 7.08. The molecule has 0 aromatic carbocycles. The highest BCUT2D eigenvalue weighted by Crippen LogP contribution is 2.48. The lowest BCUT2D eigenvalue weighted by Gasteiger charge is -2.48. The summed E-state index contributed by atoms with van der Waals surface area (Å²) >= 11 is 0. The van der Waals surface area contributed by atoms with Crippen molar-refractivity contribution < 1.29 is 63.4 Å². The first-order chi connectivity index (χ1) is 22.0. The van der Waals surface area contributed by atoms with E-state index in [0.29, 0.717) is 6.42 Å². The molecule has 0 aromatic rings. The van der Waals surface area contributed by atoms with Gasteiger partial charge in [0.25, 0.3) is 0 Å². The number of methoxy groups -OCH3 is 1. The molecule has 9 N–H and O–H groups in total. The number of nitrogens with two attached hydrogens (primary N) is 1. The first-order valence-electron chi connectivity index (χ1n) is 17.2. The Morgan fingerprint density at radius 2 is 1.15 bits per heavy atom. The van der Waals surface area contributed by atoms with Gasteiger partial charge in [-0.15, -0.1) is 0 Å². The van der Waals surface area contributed by atoms with Gasteiger partial charge in [0.2, 0.25) is 0 Å². The van der Waals surface area contributed by atoms with E-state index in [4.69, 9.17) is 29.0 Å². The number of rotatable bonds is 24. The van der Waals surface area contributed by atoms with E-state index in [-0.39, 0.29) is 6.61 Å². The number of ether oxygens (including phenoxy) is 3.